The van der Waals surface area contributed by atoms with Gasteiger partial charge in [0, 0.05) is 18.7 Å². The van der Waals surface area contributed by atoms with Crippen molar-refractivity contribution in [2.24, 2.45) is 0 Å². The summed E-state index contributed by atoms with van der Waals surface area (Å²) in [5.41, 5.74) is 1.25. The van der Waals surface area contributed by atoms with Gasteiger partial charge in [-0.1, -0.05) is 23.4 Å². The van der Waals surface area contributed by atoms with E-state index in [0.717, 1.165) is 0 Å². The first-order chi connectivity index (χ1) is 9.69. The van der Waals surface area contributed by atoms with Crippen LogP contribution in [0.25, 0.3) is 0 Å². The molecule has 1 aromatic heterocycles. The number of hydrogen-bond acceptors (Lipinski definition) is 5. The highest BCUT2D eigenvalue weighted by molar-refractivity contribution is 5.71. The van der Waals surface area contributed by atoms with Crippen molar-refractivity contribution in [3.05, 3.63) is 47.3 Å². The summed E-state index contributed by atoms with van der Waals surface area (Å²) in [6, 6.07) is 8.76. The van der Waals surface area contributed by atoms with Gasteiger partial charge in [0.25, 0.3) is 0 Å². The number of rotatable bonds is 7. The molecule has 0 atom stereocenters. The lowest BCUT2D eigenvalue weighted by molar-refractivity contribution is -0.136. The maximum atomic E-state index is 10.8. The van der Waals surface area contributed by atoms with Crippen molar-refractivity contribution in [2.45, 2.75) is 19.6 Å². The lowest BCUT2D eigenvalue weighted by Crippen LogP contribution is -2.04. The van der Waals surface area contributed by atoms with Crippen LogP contribution in [0, 0.1) is 0 Å². The molecule has 0 aliphatic rings. The van der Waals surface area contributed by atoms with E-state index in [9.17, 15) is 4.79 Å². The summed E-state index contributed by atoms with van der Waals surface area (Å²) in [7, 11) is 1.57. The highest BCUT2D eigenvalue weighted by atomic mass is 16.5. The van der Waals surface area contributed by atoms with Crippen LogP contribution in [0.3, 0.4) is 0 Å². The molecule has 106 valence electrons. The smallest absolute Gasteiger partial charge is 0.307 e. The molecular weight excluding hydrogens is 262 g/mol. The van der Waals surface area contributed by atoms with Gasteiger partial charge in [-0.25, -0.2) is 0 Å². The molecule has 0 saturated heterocycles. The van der Waals surface area contributed by atoms with E-state index in [2.05, 4.69) is 5.16 Å². The van der Waals surface area contributed by atoms with Crippen molar-refractivity contribution in [2.75, 3.05) is 7.11 Å². The first-order valence-corrected chi connectivity index (χ1v) is 6.05. The zero-order chi connectivity index (χ0) is 14.4. The Morgan fingerprint density at radius 1 is 1.35 bits per heavy atom. The zero-order valence-corrected chi connectivity index (χ0v) is 11.0. The average molecular weight is 277 g/mol. The molecule has 0 fully saturated rings. The molecule has 1 aromatic carbocycles. The zero-order valence-electron chi connectivity index (χ0n) is 11.0. The van der Waals surface area contributed by atoms with Gasteiger partial charge in [-0.3, -0.25) is 4.79 Å². The second-order valence-corrected chi connectivity index (χ2v) is 4.18. The molecule has 0 bridgehead atoms. The van der Waals surface area contributed by atoms with Gasteiger partial charge in [0.2, 0.25) is 0 Å². The van der Waals surface area contributed by atoms with E-state index in [1.807, 2.05) is 0 Å². The lowest BCUT2D eigenvalue weighted by Gasteiger charge is -2.08. The maximum absolute atomic E-state index is 10.8. The summed E-state index contributed by atoms with van der Waals surface area (Å²) >= 11 is 0. The SMILES string of the molecule is COCc1cc(COc2ccccc2CC(=O)O)no1. The van der Waals surface area contributed by atoms with Gasteiger partial charge in [-0.2, -0.15) is 0 Å². The molecule has 2 rings (SSSR count). The number of para-hydroxylation sites is 1. The van der Waals surface area contributed by atoms with E-state index in [1.54, 1.807) is 37.4 Å². The van der Waals surface area contributed by atoms with Crippen molar-refractivity contribution in [3.8, 4) is 5.75 Å². The van der Waals surface area contributed by atoms with Crippen molar-refractivity contribution >= 4 is 5.97 Å². The number of nitrogens with zero attached hydrogens (tertiary/aromatic N) is 1. The van der Waals surface area contributed by atoms with E-state index in [1.165, 1.54) is 0 Å². The Morgan fingerprint density at radius 3 is 2.90 bits per heavy atom. The van der Waals surface area contributed by atoms with Gasteiger partial charge < -0.3 is 19.1 Å². The van der Waals surface area contributed by atoms with Crippen LogP contribution in [0.4, 0.5) is 0 Å². The fourth-order valence-corrected chi connectivity index (χ4v) is 1.74. The Hall–Kier alpha value is -2.34. The lowest BCUT2D eigenvalue weighted by atomic mass is 10.1. The van der Waals surface area contributed by atoms with Crippen LogP contribution in [-0.4, -0.2) is 23.3 Å². The summed E-state index contributed by atoms with van der Waals surface area (Å²) in [5.74, 6) is 0.251. The van der Waals surface area contributed by atoms with Crippen molar-refractivity contribution in [1.82, 2.24) is 5.16 Å². The second kappa shape index (κ2) is 6.72. The minimum absolute atomic E-state index is 0.0795. The van der Waals surface area contributed by atoms with Crippen molar-refractivity contribution in [3.63, 3.8) is 0 Å². The van der Waals surface area contributed by atoms with Crippen LogP contribution in [0.5, 0.6) is 5.75 Å². The van der Waals surface area contributed by atoms with Crippen LogP contribution in [-0.2, 0) is 29.2 Å². The minimum atomic E-state index is -0.898. The summed E-state index contributed by atoms with van der Waals surface area (Å²) < 4.78 is 15.6. The molecule has 0 aliphatic heterocycles. The topological polar surface area (TPSA) is 81.8 Å². The Bertz CT molecular complexity index is 578. The van der Waals surface area contributed by atoms with Gasteiger partial charge >= 0.3 is 5.97 Å². The third kappa shape index (κ3) is 3.83. The van der Waals surface area contributed by atoms with Gasteiger partial charge in [-0.05, 0) is 6.07 Å². The molecule has 1 heterocycles. The normalized spacial score (nSPS) is 10.4. The fourth-order valence-electron chi connectivity index (χ4n) is 1.74. The Labute approximate surface area is 115 Å². The number of carbonyl (C=O) groups is 1. The standard InChI is InChI=1S/C14H15NO5/c1-18-9-12-7-11(15-20-12)8-19-13-5-3-2-4-10(13)6-14(16)17/h2-5,7H,6,8-9H2,1H3,(H,16,17). The van der Waals surface area contributed by atoms with Crippen molar-refractivity contribution < 1.29 is 23.9 Å². The highest BCUT2D eigenvalue weighted by Crippen LogP contribution is 2.20. The van der Waals surface area contributed by atoms with Gasteiger partial charge in [0.15, 0.2) is 5.76 Å². The van der Waals surface area contributed by atoms with Gasteiger partial charge in [0.1, 0.15) is 24.7 Å². The monoisotopic (exact) mass is 277 g/mol. The third-order valence-electron chi connectivity index (χ3n) is 2.58. The van der Waals surface area contributed by atoms with E-state index in [-0.39, 0.29) is 13.0 Å². The van der Waals surface area contributed by atoms with Crippen LogP contribution < -0.4 is 4.74 Å². The number of methoxy groups -OCH3 is 1. The Morgan fingerprint density at radius 2 is 2.15 bits per heavy atom. The quantitative estimate of drug-likeness (QED) is 0.833. The molecule has 0 saturated carbocycles. The Kier molecular flexibility index (Phi) is 4.73. The number of ether oxygens (including phenoxy) is 2. The summed E-state index contributed by atoms with van der Waals surface area (Å²) in [6.07, 6.45) is -0.0795. The molecule has 20 heavy (non-hydrogen) atoms. The van der Waals surface area contributed by atoms with Crippen LogP contribution >= 0.6 is 0 Å². The maximum Gasteiger partial charge on any atom is 0.307 e. The van der Waals surface area contributed by atoms with E-state index < -0.39 is 5.97 Å². The first kappa shape index (κ1) is 14.1. The molecule has 0 unspecified atom stereocenters. The minimum Gasteiger partial charge on any atom is -0.487 e. The number of aliphatic carboxylic acids is 1. The third-order valence-corrected chi connectivity index (χ3v) is 2.58. The van der Waals surface area contributed by atoms with E-state index >= 15 is 0 Å². The summed E-state index contributed by atoms with van der Waals surface area (Å²) in [6.45, 7) is 0.562. The van der Waals surface area contributed by atoms with Crippen LogP contribution in [0.15, 0.2) is 34.9 Å². The largest absolute Gasteiger partial charge is 0.487 e. The summed E-state index contributed by atoms with van der Waals surface area (Å²) in [4.78, 5) is 10.8. The molecular formula is C14H15NO5. The Balaban J connectivity index is 2.00. The van der Waals surface area contributed by atoms with Gasteiger partial charge in [0.05, 0.1) is 6.42 Å². The number of hydrogen-bond donors (Lipinski definition) is 1. The number of aromatic nitrogens is 1. The van der Waals surface area contributed by atoms with Gasteiger partial charge in [-0.15, -0.1) is 0 Å². The number of benzene rings is 1. The predicted molar refractivity (Wildman–Crippen MR) is 69.3 cm³/mol. The molecule has 0 spiro atoms. The molecule has 6 heteroatoms. The number of carboxylic acids is 1. The molecule has 2 aromatic rings. The molecule has 0 aliphatic carbocycles. The van der Waals surface area contributed by atoms with E-state index in [0.29, 0.717) is 29.4 Å². The number of carboxylic acid groups (broad SMARTS) is 1. The molecule has 6 nitrogen and oxygen atoms in total. The van der Waals surface area contributed by atoms with Crippen LogP contribution in [0.2, 0.25) is 0 Å². The average Bonchev–Trinajstić information content (AvgIpc) is 2.85. The fraction of sp³-hybridized carbons (Fsp3) is 0.286. The van der Waals surface area contributed by atoms with Crippen molar-refractivity contribution in [1.29, 1.82) is 0 Å². The second-order valence-electron chi connectivity index (χ2n) is 4.18. The molecule has 0 amide bonds. The predicted octanol–water partition coefficient (Wildman–Crippen LogP) is 2.03. The van der Waals surface area contributed by atoms with E-state index in [4.69, 9.17) is 19.1 Å². The molecule has 0 radical (unpaired) electrons. The van der Waals surface area contributed by atoms with Crippen LogP contribution in [0.1, 0.15) is 17.0 Å². The highest BCUT2D eigenvalue weighted by Gasteiger charge is 2.09. The summed E-state index contributed by atoms with van der Waals surface area (Å²) in [5, 5.41) is 12.7. The first-order valence-electron chi connectivity index (χ1n) is 6.05. The molecule has 1 N–H and O–H groups in total.